The molecule has 2 aromatic rings. The number of amides is 1. The second-order valence-electron chi connectivity index (χ2n) is 4.76. The molecule has 0 aliphatic carbocycles. The van der Waals surface area contributed by atoms with Gasteiger partial charge in [-0.3, -0.25) is 9.78 Å². The van der Waals surface area contributed by atoms with Gasteiger partial charge in [-0.1, -0.05) is 23.2 Å². The Hall–Kier alpha value is -1.17. The number of anilines is 1. The number of thiol groups is 1. The topological polar surface area (TPSA) is 54.0 Å². The third-order valence-electron chi connectivity index (χ3n) is 3.17. The molecule has 2 N–H and O–H groups in total. The van der Waals surface area contributed by atoms with Crippen LogP contribution in [-0.2, 0) is 4.79 Å². The highest BCUT2D eigenvalue weighted by molar-refractivity contribution is 7.81. The summed E-state index contributed by atoms with van der Waals surface area (Å²) in [4.78, 5) is 15.4. The second kappa shape index (κ2) is 8.46. The first kappa shape index (κ1) is 17.2. The normalized spacial score (nSPS) is 10.7. The van der Waals surface area contributed by atoms with Crippen LogP contribution in [0.1, 0.15) is 12.8 Å². The Bertz CT molecular complexity index is 667. The Morgan fingerprint density at radius 3 is 2.77 bits per heavy atom. The van der Waals surface area contributed by atoms with Gasteiger partial charge in [-0.15, -0.1) is 0 Å². The number of hydrogen-bond donors (Lipinski definition) is 3. The molecule has 0 spiro atoms. The minimum absolute atomic E-state index is 0.0489. The zero-order valence-electron chi connectivity index (χ0n) is 11.9. The summed E-state index contributed by atoms with van der Waals surface area (Å²) in [6.07, 6.45) is 3.50. The maximum absolute atomic E-state index is 11.0. The summed E-state index contributed by atoms with van der Waals surface area (Å²) >= 11 is 16.3. The van der Waals surface area contributed by atoms with Gasteiger partial charge < -0.3 is 10.6 Å². The van der Waals surface area contributed by atoms with E-state index in [4.69, 9.17) is 23.2 Å². The number of fused-ring (bicyclic) bond motifs is 1. The summed E-state index contributed by atoms with van der Waals surface area (Å²) < 4.78 is 0. The zero-order chi connectivity index (χ0) is 15.9. The fourth-order valence-corrected chi connectivity index (χ4v) is 2.78. The lowest BCUT2D eigenvalue weighted by Crippen LogP contribution is -2.25. The Morgan fingerprint density at radius 2 is 2.00 bits per heavy atom. The number of unbranched alkanes of at least 4 members (excludes halogenated alkanes) is 1. The fraction of sp³-hybridized carbons (Fsp3) is 0.333. The maximum Gasteiger partial charge on any atom is 0.229 e. The summed E-state index contributed by atoms with van der Waals surface area (Å²) in [6, 6.07) is 5.48. The highest BCUT2D eigenvalue weighted by atomic mass is 35.5. The van der Waals surface area contributed by atoms with E-state index in [0.29, 0.717) is 16.6 Å². The minimum Gasteiger partial charge on any atom is -0.382 e. The van der Waals surface area contributed by atoms with Crippen LogP contribution in [0.4, 0.5) is 5.69 Å². The molecular formula is C15H17Cl2N3OS. The Morgan fingerprint density at radius 1 is 1.23 bits per heavy atom. The van der Waals surface area contributed by atoms with E-state index in [2.05, 4.69) is 28.2 Å². The molecule has 1 aromatic carbocycles. The largest absolute Gasteiger partial charge is 0.382 e. The third-order valence-corrected chi connectivity index (χ3v) is 4.06. The van der Waals surface area contributed by atoms with Gasteiger partial charge in [0.15, 0.2) is 0 Å². The summed E-state index contributed by atoms with van der Waals surface area (Å²) in [7, 11) is 0. The van der Waals surface area contributed by atoms with Gasteiger partial charge in [0.05, 0.1) is 27.0 Å². The van der Waals surface area contributed by atoms with Crippen LogP contribution in [0.5, 0.6) is 0 Å². The van der Waals surface area contributed by atoms with Crippen molar-refractivity contribution in [2.24, 2.45) is 0 Å². The number of aromatic nitrogens is 1. The lowest BCUT2D eigenvalue weighted by atomic mass is 10.2. The Labute approximate surface area is 145 Å². The molecule has 2 rings (SSSR count). The van der Waals surface area contributed by atoms with E-state index in [1.165, 1.54) is 0 Å². The fourth-order valence-electron chi connectivity index (χ4n) is 2.09. The van der Waals surface area contributed by atoms with Gasteiger partial charge in [0.2, 0.25) is 5.91 Å². The maximum atomic E-state index is 11.0. The molecule has 0 unspecified atom stereocenters. The van der Waals surface area contributed by atoms with Crippen molar-refractivity contribution < 1.29 is 4.79 Å². The van der Waals surface area contributed by atoms with Crippen molar-refractivity contribution in [1.29, 1.82) is 0 Å². The predicted molar refractivity (Wildman–Crippen MR) is 96.3 cm³/mol. The number of rotatable bonds is 7. The predicted octanol–water partition coefficient (Wildman–Crippen LogP) is 3.78. The molecule has 1 heterocycles. The van der Waals surface area contributed by atoms with E-state index in [1.54, 1.807) is 12.3 Å². The van der Waals surface area contributed by atoms with Crippen LogP contribution < -0.4 is 10.6 Å². The van der Waals surface area contributed by atoms with Gasteiger partial charge in [0.25, 0.3) is 0 Å². The molecule has 0 aliphatic heterocycles. The van der Waals surface area contributed by atoms with Crippen molar-refractivity contribution in [3.8, 4) is 0 Å². The van der Waals surface area contributed by atoms with Crippen LogP contribution in [-0.4, -0.2) is 29.7 Å². The number of carbonyl (C=O) groups excluding carboxylic acids is 1. The summed E-state index contributed by atoms with van der Waals surface area (Å²) in [5.41, 5.74) is 1.56. The molecule has 1 aromatic heterocycles. The molecule has 0 bridgehead atoms. The molecule has 22 heavy (non-hydrogen) atoms. The molecular weight excluding hydrogens is 341 g/mol. The van der Waals surface area contributed by atoms with E-state index >= 15 is 0 Å². The van der Waals surface area contributed by atoms with Crippen molar-refractivity contribution in [1.82, 2.24) is 10.3 Å². The number of benzene rings is 1. The van der Waals surface area contributed by atoms with Crippen molar-refractivity contribution >= 4 is 58.3 Å². The van der Waals surface area contributed by atoms with E-state index in [9.17, 15) is 4.79 Å². The van der Waals surface area contributed by atoms with Crippen molar-refractivity contribution in [3.63, 3.8) is 0 Å². The lowest BCUT2D eigenvalue weighted by Gasteiger charge is -2.12. The molecule has 0 aliphatic rings. The monoisotopic (exact) mass is 357 g/mol. The molecule has 0 atom stereocenters. The Balaban J connectivity index is 1.93. The molecule has 0 saturated heterocycles. The second-order valence-corrected chi connectivity index (χ2v) is 5.89. The molecule has 0 radical (unpaired) electrons. The number of nitrogens with zero attached hydrogens (tertiary/aromatic N) is 1. The highest BCUT2D eigenvalue weighted by Crippen LogP contribution is 2.34. The van der Waals surface area contributed by atoms with Gasteiger partial charge in [-0.2, -0.15) is 12.6 Å². The van der Waals surface area contributed by atoms with E-state index < -0.39 is 0 Å². The van der Waals surface area contributed by atoms with E-state index in [0.717, 1.165) is 36.0 Å². The third kappa shape index (κ3) is 4.41. The number of halogens is 2. The van der Waals surface area contributed by atoms with Gasteiger partial charge in [-0.25, -0.2) is 0 Å². The first-order chi connectivity index (χ1) is 10.6. The van der Waals surface area contributed by atoms with Crippen LogP contribution in [0.2, 0.25) is 10.0 Å². The molecule has 1 amide bonds. The molecule has 4 nitrogen and oxygen atoms in total. The summed E-state index contributed by atoms with van der Waals surface area (Å²) in [5, 5.41) is 8.10. The van der Waals surface area contributed by atoms with Crippen LogP contribution in [0.15, 0.2) is 24.4 Å². The summed E-state index contributed by atoms with van der Waals surface area (Å²) in [5.74, 6) is 0.170. The zero-order valence-corrected chi connectivity index (χ0v) is 14.3. The average Bonchev–Trinajstić information content (AvgIpc) is 2.53. The quantitative estimate of drug-likeness (QED) is 0.522. The van der Waals surface area contributed by atoms with Crippen LogP contribution in [0.25, 0.3) is 10.9 Å². The van der Waals surface area contributed by atoms with Crippen LogP contribution in [0.3, 0.4) is 0 Å². The standard InChI is InChI=1S/C15H17Cl2N3OS/c16-11-8-12(17)15(14-10(11)4-3-7-19-14)20-6-2-1-5-18-13(21)9-22/h3-4,7-8,20,22H,1-2,5-6,9H2,(H,18,21). The van der Waals surface area contributed by atoms with Crippen molar-refractivity contribution in [2.75, 3.05) is 24.2 Å². The SMILES string of the molecule is O=C(CS)NCCCCNc1c(Cl)cc(Cl)c2cccnc12. The highest BCUT2D eigenvalue weighted by Gasteiger charge is 2.10. The molecule has 7 heteroatoms. The smallest absolute Gasteiger partial charge is 0.229 e. The Kier molecular flexibility index (Phi) is 6.61. The van der Waals surface area contributed by atoms with E-state index in [1.807, 2.05) is 12.1 Å². The van der Waals surface area contributed by atoms with Gasteiger partial charge >= 0.3 is 0 Å². The first-order valence-corrected chi connectivity index (χ1v) is 8.36. The number of pyridine rings is 1. The van der Waals surface area contributed by atoms with Crippen molar-refractivity contribution in [3.05, 3.63) is 34.4 Å². The van der Waals surface area contributed by atoms with Gasteiger partial charge in [0.1, 0.15) is 0 Å². The number of carbonyl (C=O) groups is 1. The minimum atomic E-state index is -0.0489. The van der Waals surface area contributed by atoms with Gasteiger partial charge in [-0.05, 0) is 31.0 Å². The molecule has 118 valence electrons. The van der Waals surface area contributed by atoms with Crippen LogP contribution in [0, 0.1) is 0 Å². The van der Waals surface area contributed by atoms with Gasteiger partial charge in [0, 0.05) is 24.7 Å². The lowest BCUT2D eigenvalue weighted by molar-refractivity contribution is -0.118. The van der Waals surface area contributed by atoms with Crippen molar-refractivity contribution in [2.45, 2.75) is 12.8 Å². The number of hydrogen-bond acceptors (Lipinski definition) is 4. The molecule has 0 fully saturated rings. The van der Waals surface area contributed by atoms with E-state index in [-0.39, 0.29) is 11.7 Å². The number of nitrogens with one attached hydrogen (secondary N) is 2. The first-order valence-electron chi connectivity index (χ1n) is 6.97. The molecule has 0 saturated carbocycles. The van der Waals surface area contributed by atoms with Crippen LogP contribution >= 0.6 is 35.8 Å². The average molecular weight is 358 g/mol. The summed E-state index contributed by atoms with van der Waals surface area (Å²) in [6.45, 7) is 1.39.